The van der Waals surface area contributed by atoms with E-state index >= 15 is 0 Å². The van der Waals surface area contributed by atoms with Gasteiger partial charge >= 0.3 is 12.1 Å². The van der Waals surface area contributed by atoms with Crippen molar-refractivity contribution in [3.05, 3.63) is 52.8 Å². The van der Waals surface area contributed by atoms with Crippen molar-refractivity contribution in [3.63, 3.8) is 0 Å². The summed E-state index contributed by atoms with van der Waals surface area (Å²) in [4.78, 5) is 21.6. The lowest BCUT2D eigenvalue weighted by atomic mass is 10.0. The highest BCUT2D eigenvalue weighted by atomic mass is 19.4. The van der Waals surface area contributed by atoms with Gasteiger partial charge in [0.05, 0.1) is 29.4 Å². The smallest absolute Gasteiger partial charge is 0.416 e. The van der Waals surface area contributed by atoms with E-state index in [1.54, 1.807) is 0 Å². The van der Waals surface area contributed by atoms with Crippen LogP contribution in [0.15, 0.2) is 30.6 Å². The number of benzene rings is 1. The molecular weight excluding hydrogens is 289 g/mol. The second kappa shape index (κ2) is 5.39. The summed E-state index contributed by atoms with van der Waals surface area (Å²) < 4.78 is 39.0. The number of halogens is 3. The predicted octanol–water partition coefficient (Wildman–Crippen LogP) is 2.46. The molecule has 1 aromatic heterocycles. The lowest BCUT2D eigenvalue weighted by Gasteiger charge is -2.11. The number of aromatic nitrogens is 2. The van der Waals surface area contributed by atoms with Crippen LogP contribution >= 0.6 is 0 Å². The standard InChI is InChI=1S/C13H9F3N2O3/c14-13(15,16)10-2-1-9(11(3-10)12(20)21)6-18-5-8(7-19)4-17-18/h1-5,7H,6H2,(H,20,21). The van der Waals surface area contributed by atoms with Crippen molar-refractivity contribution >= 4 is 12.3 Å². The quantitative estimate of drug-likeness (QED) is 0.880. The van der Waals surface area contributed by atoms with Gasteiger partial charge in [-0.2, -0.15) is 18.3 Å². The van der Waals surface area contributed by atoms with Crippen molar-refractivity contribution in [1.29, 1.82) is 0 Å². The molecule has 5 nitrogen and oxygen atoms in total. The molecule has 0 bridgehead atoms. The van der Waals surface area contributed by atoms with E-state index in [2.05, 4.69) is 5.10 Å². The van der Waals surface area contributed by atoms with Gasteiger partial charge in [-0.25, -0.2) is 4.79 Å². The minimum Gasteiger partial charge on any atom is -0.478 e. The topological polar surface area (TPSA) is 72.2 Å². The Morgan fingerprint density at radius 1 is 1.38 bits per heavy atom. The van der Waals surface area contributed by atoms with E-state index < -0.39 is 23.3 Å². The van der Waals surface area contributed by atoms with Gasteiger partial charge < -0.3 is 5.11 Å². The zero-order valence-electron chi connectivity index (χ0n) is 10.5. The third-order valence-electron chi connectivity index (χ3n) is 2.79. The Bertz CT molecular complexity index is 692. The van der Waals surface area contributed by atoms with Gasteiger partial charge in [-0.05, 0) is 17.7 Å². The molecule has 0 saturated heterocycles. The maximum Gasteiger partial charge on any atom is 0.416 e. The summed E-state index contributed by atoms with van der Waals surface area (Å²) >= 11 is 0. The Morgan fingerprint density at radius 2 is 2.10 bits per heavy atom. The lowest BCUT2D eigenvalue weighted by molar-refractivity contribution is -0.137. The fourth-order valence-corrected chi connectivity index (χ4v) is 1.79. The van der Waals surface area contributed by atoms with E-state index in [1.165, 1.54) is 17.1 Å². The summed E-state index contributed by atoms with van der Waals surface area (Å²) in [6.45, 7) is -0.0480. The summed E-state index contributed by atoms with van der Waals surface area (Å²) in [7, 11) is 0. The minimum atomic E-state index is -4.61. The highest BCUT2D eigenvalue weighted by Crippen LogP contribution is 2.30. The number of carbonyl (C=O) groups is 2. The van der Waals surface area contributed by atoms with Gasteiger partial charge in [-0.15, -0.1) is 0 Å². The van der Waals surface area contributed by atoms with Crippen LogP contribution in [0.1, 0.15) is 31.8 Å². The molecule has 1 N–H and O–H groups in total. The average molecular weight is 298 g/mol. The number of nitrogens with zero attached hydrogens (tertiary/aromatic N) is 2. The van der Waals surface area contributed by atoms with Crippen LogP contribution in [-0.4, -0.2) is 27.1 Å². The molecule has 0 radical (unpaired) electrons. The maximum atomic E-state index is 12.6. The molecular formula is C13H9F3N2O3. The van der Waals surface area contributed by atoms with E-state index in [1.807, 2.05) is 0 Å². The number of carboxylic acids is 1. The summed E-state index contributed by atoms with van der Waals surface area (Å²) in [5.41, 5.74) is -1.03. The number of carbonyl (C=O) groups excluding carboxylic acids is 1. The van der Waals surface area contributed by atoms with E-state index in [0.717, 1.165) is 12.1 Å². The number of carboxylic acid groups (broad SMARTS) is 1. The fraction of sp³-hybridized carbons (Fsp3) is 0.154. The molecule has 0 aliphatic carbocycles. The van der Waals surface area contributed by atoms with Crippen molar-refractivity contribution < 1.29 is 27.9 Å². The summed E-state index contributed by atoms with van der Waals surface area (Å²) in [6.07, 6.45) is -1.40. The van der Waals surface area contributed by atoms with Crippen LogP contribution in [0.5, 0.6) is 0 Å². The first-order valence-electron chi connectivity index (χ1n) is 5.72. The second-order valence-corrected chi connectivity index (χ2v) is 4.26. The number of alkyl halides is 3. The van der Waals surface area contributed by atoms with Crippen molar-refractivity contribution in [2.75, 3.05) is 0 Å². The molecule has 1 aromatic carbocycles. The van der Waals surface area contributed by atoms with Crippen molar-refractivity contribution in [2.45, 2.75) is 12.7 Å². The van der Waals surface area contributed by atoms with E-state index in [4.69, 9.17) is 5.11 Å². The van der Waals surface area contributed by atoms with Crippen LogP contribution in [-0.2, 0) is 12.7 Å². The molecule has 0 unspecified atom stereocenters. The molecule has 2 rings (SSSR count). The molecule has 0 aliphatic heterocycles. The molecule has 110 valence electrons. The van der Waals surface area contributed by atoms with E-state index in [-0.39, 0.29) is 12.1 Å². The van der Waals surface area contributed by atoms with E-state index in [0.29, 0.717) is 17.9 Å². The third-order valence-corrected chi connectivity index (χ3v) is 2.79. The van der Waals surface area contributed by atoms with Crippen LogP contribution < -0.4 is 0 Å². The maximum absolute atomic E-state index is 12.6. The fourth-order valence-electron chi connectivity index (χ4n) is 1.79. The number of hydrogen-bond acceptors (Lipinski definition) is 3. The summed E-state index contributed by atoms with van der Waals surface area (Å²) in [5.74, 6) is -1.46. The molecule has 1 heterocycles. The number of aldehydes is 1. The van der Waals surface area contributed by atoms with Gasteiger partial charge in [-0.3, -0.25) is 9.48 Å². The normalized spacial score (nSPS) is 11.4. The SMILES string of the molecule is O=Cc1cnn(Cc2ccc(C(F)(F)F)cc2C(=O)O)c1. The summed E-state index contributed by atoms with van der Waals surface area (Å²) in [5, 5.41) is 12.9. The molecule has 0 fully saturated rings. The van der Waals surface area contributed by atoms with Crippen molar-refractivity contribution in [1.82, 2.24) is 9.78 Å². The minimum absolute atomic E-state index is 0.0480. The van der Waals surface area contributed by atoms with Crippen LogP contribution in [0.3, 0.4) is 0 Å². The van der Waals surface area contributed by atoms with Gasteiger partial charge in [0.2, 0.25) is 0 Å². The average Bonchev–Trinajstić information content (AvgIpc) is 2.85. The number of aromatic carboxylic acids is 1. The van der Waals surface area contributed by atoms with Crippen LogP contribution in [0.4, 0.5) is 13.2 Å². The molecule has 0 saturated carbocycles. The first-order chi connectivity index (χ1) is 9.81. The highest BCUT2D eigenvalue weighted by molar-refractivity contribution is 5.89. The Labute approximate surface area is 116 Å². The Hall–Kier alpha value is -2.64. The zero-order valence-corrected chi connectivity index (χ0v) is 10.5. The monoisotopic (exact) mass is 298 g/mol. The lowest BCUT2D eigenvalue weighted by Crippen LogP contribution is -2.12. The van der Waals surface area contributed by atoms with Crippen LogP contribution in [0, 0.1) is 0 Å². The Balaban J connectivity index is 2.39. The number of hydrogen-bond donors (Lipinski definition) is 1. The molecule has 2 aromatic rings. The Morgan fingerprint density at radius 3 is 2.62 bits per heavy atom. The van der Waals surface area contributed by atoms with Gasteiger partial charge in [-0.1, -0.05) is 6.07 Å². The van der Waals surface area contributed by atoms with Gasteiger partial charge in [0.25, 0.3) is 0 Å². The Kier molecular flexibility index (Phi) is 3.79. The van der Waals surface area contributed by atoms with Crippen molar-refractivity contribution in [2.24, 2.45) is 0 Å². The van der Waals surface area contributed by atoms with Gasteiger partial charge in [0.15, 0.2) is 6.29 Å². The van der Waals surface area contributed by atoms with Gasteiger partial charge in [0, 0.05) is 6.20 Å². The summed E-state index contributed by atoms with van der Waals surface area (Å²) in [6, 6.07) is 2.49. The zero-order chi connectivity index (χ0) is 15.6. The molecule has 0 aliphatic rings. The first kappa shape index (κ1) is 14.8. The van der Waals surface area contributed by atoms with Crippen LogP contribution in [0.2, 0.25) is 0 Å². The molecule has 0 spiro atoms. The molecule has 0 amide bonds. The second-order valence-electron chi connectivity index (χ2n) is 4.26. The predicted molar refractivity (Wildman–Crippen MR) is 65.1 cm³/mol. The van der Waals surface area contributed by atoms with Crippen LogP contribution in [0.25, 0.3) is 0 Å². The van der Waals surface area contributed by atoms with E-state index in [9.17, 15) is 22.8 Å². The third kappa shape index (κ3) is 3.28. The molecule has 21 heavy (non-hydrogen) atoms. The molecule has 8 heteroatoms. The van der Waals surface area contributed by atoms with Crippen molar-refractivity contribution in [3.8, 4) is 0 Å². The van der Waals surface area contributed by atoms with Gasteiger partial charge in [0.1, 0.15) is 0 Å². The molecule has 0 atom stereocenters. The largest absolute Gasteiger partial charge is 0.478 e. The first-order valence-corrected chi connectivity index (χ1v) is 5.72. The number of rotatable bonds is 4. The highest BCUT2D eigenvalue weighted by Gasteiger charge is 2.31.